The molecule has 1 aromatic heterocycles. The smallest absolute Gasteiger partial charge is 0.111 e. The molecule has 1 unspecified atom stereocenters. The van der Waals surface area contributed by atoms with Crippen LogP contribution in [-0.2, 0) is 0 Å². The van der Waals surface area contributed by atoms with Crippen LogP contribution in [-0.4, -0.2) is 4.98 Å². The molecule has 0 aliphatic carbocycles. The summed E-state index contributed by atoms with van der Waals surface area (Å²) in [6.07, 6.45) is 0.999. The Morgan fingerprint density at radius 3 is 2.81 bits per heavy atom. The summed E-state index contributed by atoms with van der Waals surface area (Å²) >= 11 is 1.72. The number of thiazole rings is 1. The van der Waals surface area contributed by atoms with E-state index in [1.54, 1.807) is 11.3 Å². The Morgan fingerprint density at radius 2 is 2.12 bits per heavy atom. The first kappa shape index (κ1) is 11.6. The molecule has 0 amide bonds. The third kappa shape index (κ3) is 2.42. The number of benzene rings is 1. The van der Waals surface area contributed by atoms with Gasteiger partial charge in [-0.1, -0.05) is 19.9 Å². The zero-order valence-electron chi connectivity index (χ0n) is 10.0. The molecular weight excluding hydrogens is 216 g/mol. The predicted octanol–water partition coefficient (Wildman–Crippen LogP) is 3.65. The van der Waals surface area contributed by atoms with Crippen molar-refractivity contribution in [3.63, 3.8) is 0 Å². The lowest BCUT2D eigenvalue weighted by Crippen LogP contribution is -2.12. The van der Waals surface area contributed by atoms with E-state index >= 15 is 0 Å². The Morgan fingerprint density at radius 1 is 1.38 bits per heavy atom. The standard InChI is InChI=1S/C13H18N2S/c1-8(2)6-10(14)13-15-11-7-9(3)4-5-12(11)16-13/h4-5,7-8,10H,6,14H2,1-3H3. The van der Waals surface area contributed by atoms with Crippen molar-refractivity contribution in [2.24, 2.45) is 11.7 Å². The summed E-state index contributed by atoms with van der Waals surface area (Å²) in [4.78, 5) is 4.62. The van der Waals surface area contributed by atoms with Gasteiger partial charge in [-0.05, 0) is 37.0 Å². The minimum Gasteiger partial charge on any atom is -0.322 e. The average molecular weight is 234 g/mol. The molecule has 0 aliphatic rings. The first-order chi connectivity index (χ1) is 7.56. The van der Waals surface area contributed by atoms with Crippen molar-refractivity contribution in [2.45, 2.75) is 33.2 Å². The molecule has 0 saturated carbocycles. The van der Waals surface area contributed by atoms with Crippen LogP contribution in [0.15, 0.2) is 18.2 Å². The fraction of sp³-hybridized carbons (Fsp3) is 0.462. The fourth-order valence-corrected chi connectivity index (χ4v) is 2.78. The van der Waals surface area contributed by atoms with Crippen LogP contribution in [0, 0.1) is 12.8 Å². The van der Waals surface area contributed by atoms with Crippen LogP contribution in [0.3, 0.4) is 0 Å². The number of aryl methyl sites for hydroxylation is 1. The van der Waals surface area contributed by atoms with Gasteiger partial charge in [0, 0.05) is 0 Å². The lowest BCUT2D eigenvalue weighted by molar-refractivity contribution is 0.509. The van der Waals surface area contributed by atoms with Crippen LogP contribution in [0.5, 0.6) is 0 Å². The molecule has 0 bridgehead atoms. The lowest BCUT2D eigenvalue weighted by atomic mass is 10.1. The summed E-state index contributed by atoms with van der Waals surface area (Å²) in [6, 6.07) is 6.46. The molecule has 2 rings (SSSR count). The highest BCUT2D eigenvalue weighted by atomic mass is 32.1. The normalized spacial score (nSPS) is 13.6. The van der Waals surface area contributed by atoms with Gasteiger partial charge >= 0.3 is 0 Å². The average Bonchev–Trinajstić information content (AvgIpc) is 2.59. The predicted molar refractivity (Wildman–Crippen MR) is 70.7 cm³/mol. The molecular formula is C13H18N2S. The summed E-state index contributed by atoms with van der Waals surface area (Å²) in [5, 5.41) is 1.06. The topological polar surface area (TPSA) is 38.9 Å². The van der Waals surface area contributed by atoms with E-state index in [1.807, 2.05) is 0 Å². The molecule has 2 N–H and O–H groups in total. The number of hydrogen-bond donors (Lipinski definition) is 1. The number of fused-ring (bicyclic) bond motifs is 1. The van der Waals surface area contributed by atoms with Gasteiger partial charge in [0.25, 0.3) is 0 Å². The highest BCUT2D eigenvalue weighted by Crippen LogP contribution is 2.28. The van der Waals surface area contributed by atoms with Gasteiger partial charge in [-0.25, -0.2) is 4.98 Å². The van der Waals surface area contributed by atoms with Crippen molar-refractivity contribution in [1.82, 2.24) is 4.98 Å². The van der Waals surface area contributed by atoms with Crippen molar-refractivity contribution in [3.8, 4) is 0 Å². The zero-order chi connectivity index (χ0) is 11.7. The third-order valence-corrected chi connectivity index (χ3v) is 3.77. The molecule has 16 heavy (non-hydrogen) atoms. The second-order valence-corrected chi connectivity index (χ2v) is 5.82. The highest BCUT2D eigenvalue weighted by molar-refractivity contribution is 7.18. The molecule has 0 saturated heterocycles. The molecule has 3 heteroatoms. The van der Waals surface area contributed by atoms with Gasteiger partial charge in [-0.2, -0.15) is 0 Å². The van der Waals surface area contributed by atoms with Crippen molar-refractivity contribution in [3.05, 3.63) is 28.8 Å². The van der Waals surface area contributed by atoms with Gasteiger partial charge in [-0.3, -0.25) is 0 Å². The molecule has 0 aliphatic heterocycles. The van der Waals surface area contributed by atoms with Crippen molar-refractivity contribution in [1.29, 1.82) is 0 Å². The first-order valence-corrected chi connectivity index (χ1v) is 6.50. The Balaban J connectivity index is 2.32. The lowest BCUT2D eigenvalue weighted by Gasteiger charge is -2.10. The molecule has 2 aromatic rings. The van der Waals surface area contributed by atoms with E-state index in [0.29, 0.717) is 5.92 Å². The van der Waals surface area contributed by atoms with Gasteiger partial charge in [0.2, 0.25) is 0 Å². The van der Waals surface area contributed by atoms with Crippen molar-refractivity contribution in [2.75, 3.05) is 0 Å². The minimum atomic E-state index is 0.0812. The van der Waals surface area contributed by atoms with Crippen molar-refractivity contribution >= 4 is 21.6 Å². The fourth-order valence-electron chi connectivity index (χ4n) is 1.82. The second kappa shape index (κ2) is 4.52. The molecule has 86 valence electrons. The second-order valence-electron chi connectivity index (χ2n) is 4.76. The maximum atomic E-state index is 6.15. The molecule has 1 aromatic carbocycles. The molecule has 2 nitrogen and oxygen atoms in total. The zero-order valence-corrected chi connectivity index (χ0v) is 10.8. The first-order valence-electron chi connectivity index (χ1n) is 5.69. The van der Waals surface area contributed by atoms with Crippen LogP contribution in [0.1, 0.15) is 36.9 Å². The van der Waals surface area contributed by atoms with E-state index in [9.17, 15) is 0 Å². The van der Waals surface area contributed by atoms with Gasteiger partial charge < -0.3 is 5.73 Å². The number of nitrogens with zero attached hydrogens (tertiary/aromatic N) is 1. The molecule has 0 radical (unpaired) electrons. The van der Waals surface area contributed by atoms with Gasteiger partial charge in [-0.15, -0.1) is 11.3 Å². The Hall–Kier alpha value is -0.930. The van der Waals surface area contributed by atoms with Gasteiger partial charge in [0.05, 0.1) is 16.3 Å². The van der Waals surface area contributed by atoms with E-state index in [-0.39, 0.29) is 6.04 Å². The van der Waals surface area contributed by atoms with E-state index < -0.39 is 0 Å². The molecule has 0 fully saturated rings. The van der Waals surface area contributed by atoms with E-state index in [2.05, 4.69) is 44.0 Å². The summed E-state index contributed by atoms with van der Waals surface area (Å²) in [5.41, 5.74) is 8.48. The number of rotatable bonds is 3. The summed E-state index contributed by atoms with van der Waals surface area (Å²) in [5.74, 6) is 0.615. The molecule has 1 atom stereocenters. The minimum absolute atomic E-state index is 0.0812. The molecule has 1 heterocycles. The number of hydrogen-bond acceptors (Lipinski definition) is 3. The van der Waals surface area contributed by atoms with Crippen LogP contribution in [0.25, 0.3) is 10.2 Å². The van der Waals surface area contributed by atoms with Crippen LogP contribution in [0.4, 0.5) is 0 Å². The Bertz CT molecular complexity index is 488. The van der Waals surface area contributed by atoms with Crippen molar-refractivity contribution < 1.29 is 0 Å². The van der Waals surface area contributed by atoms with E-state index in [4.69, 9.17) is 5.73 Å². The van der Waals surface area contributed by atoms with Gasteiger partial charge in [0.15, 0.2) is 0 Å². The molecule has 0 spiro atoms. The largest absolute Gasteiger partial charge is 0.322 e. The van der Waals surface area contributed by atoms with Crippen LogP contribution >= 0.6 is 11.3 Å². The summed E-state index contributed by atoms with van der Waals surface area (Å²) < 4.78 is 1.24. The van der Waals surface area contributed by atoms with E-state index in [0.717, 1.165) is 16.9 Å². The summed E-state index contributed by atoms with van der Waals surface area (Å²) in [7, 11) is 0. The Kier molecular flexibility index (Phi) is 3.26. The maximum Gasteiger partial charge on any atom is 0.111 e. The highest BCUT2D eigenvalue weighted by Gasteiger charge is 2.13. The third-order valence-electron chi connectivity index (χ3n) is 2.60. The quantitative estimate of drug-likeness (QED) is 0.880. The SMILES string of the molecule is Cc1ccc2sc(C(N)CC(C)C)nc2c1. The number of aromatic nitrogens is 1. The maximum absolute atomic E-state index is 6.15. The summed E-state index contributed by atoms with van der Waals surface area (Å²) in [6.45, 7) is 6.47. The van der Waals surface area contributed by atoms with Crippen LogP contribution in [0.2, 0.25) is 0 Å². The van der Waals surface area contributed by atoms with E-state index in [1.165, 1.54) is 10.3 Å². The monoisotopic (exact) mass is 234 g/mol. The van der Waals surface area contributed by atoms with Gasteiger partial charge in [0.1, 0.15) is 5.01 Å². The van der Waals surface area contributed by atoms with Crippen LogP contribution < -0.4 is 5.73 Å². The Labute approximate surface area is 101 Å². The number of nitrogens with two attached hydrogens (primary N) is 1.